The summed E-state index contributed by atoms with van der Waals surface area (Å²) in [7, 11) is 0. The zero-order valence-corrected chi connectivity index (χ0v) is 16.6. The topological polar surface area (TPSA) is 44.5 Å². The van der Waals surface area contributed by atoms with Gasteiger partial charge in [-0.1, -0.05) is 71.9 Å². The number of H-pyrrole nitrogens is 2. The monoisotopic (exact) mass is 347 g/mol. The number of aromatic nitrogens is 3. The number of imidazole rings is 1. The average molecular weight is 348 g/mol. The Bertz CT molecular complexity index is 857. The summed E-state index contributed by atoms with van der Waals surface area (Å²) in [4.78, 5) is 11.3. The fourth-order valence-corrected chi connectivity index (χ4v) is 2.79. The first kappa shape index (κ1) is 18.2. The number of aromatic amines is 2. The lowest BCUT2D eigenvalue weighted by Gasteiger charge is -2.15. The Kier molecular flexibility index (Phi) is 4.66. The van der Waals surface area contributed by atoms with E-state index in [-0.39, 0.29) is 10.8 Å². The Morgan fingerprint density at radius 1 is 0.692 bits per heavy atom. The maximum Gasteiger partial charge on any atom is 0.112 e. The van der Waals surface area contributed by atoms with Gasteiger partial charge in [0.25, 0.3) is 0 Å². The number of fused-ring (bicyclic) bond motifs is 2. The van der Waals surface area contributed by atoms with Gasteiger partial charge in [-0.15, -0.1) is 0 Å². The van der Waals surface area contributed by atoms with Crippen molar-refractivity contribution in [3.63, 3.8) is 0 Å². The number of rotatable bonds is 0. The van der Waals surface area contributed by atoms with Gasteiger partial charge in [-0.3, -0.25) is 0 Å². The van der Waals surface area contributed by atoms with Crippen molar-refractivity contribution in [1.29, 1.82) is 0 Å². The lowest BCUT2D eigenvalue weighted by Crippen LogP contribution is -2.12. The maximum absolute atomic E-state index is 4.53. The van der Waals surface area contributed by atoms with Crippen LogP contribution in [-0.4, -0.2) is 15.0 Å². The van der Waals surface area contributed by atoms with Crippen LogP contribution in [-0.2, 0) is 10.8 Å². The highest BCUT2D eigenvalue weighted by atomic mass is 14.9. The second kappa shape index (κ2) is 6.64. The van der Waals surface area contributed by atoms with Crippen LogP contribution in [0.4, 0.5) is 0 Å². The highest BCUT2D eigenvalue weighted by Crippen LogP contribution is 2.25. The smallest absolute Gasteiger partial charge is 0.112 e. The van der Waals surface area contributed by atoms with E-state index < -0.39 is 0 Å². The van der Waals surface area contributed by atoms with E-state index in [1.165, 1.54) is 16.6 Å². The number of nitrogens with zero attached hydrogens (tertiary/aromatic N) is 1. The van der Waals surface area contributed by atoms with Gasteiger partial charge >= 0.3 is 0 Å². The predicted molar refractivity (Wildman–Crippen MR) is 112 cm³/mol. The van der Waals surface area contributed by atoms with Gasteiger partial charge in [-0.2, -0.15) is 0 Å². The van der Waals surface area contributed by atoms with Gasteiger partial charge < -0.3 is 9.97 Å². The molecule has 3 nitrogen and oxygen atoms in total. The van der Waals surface area contributed by atoms with Crippen molar-refractivity contribution >= 4 is 21.9 Å². The number of hydrogen-bond donors (Lipinski definition) is 2. The van der Waals surface area contributed by atoms with Crippen LogP contribution in [0.25, 0.3) is 21.9 Å². The first-order valence-corrected chi connectivity index (χ1v) is 9.18. The molecule has 2 heterocycles. The van der Waals surface area contributed by atoms with E-state index in [0.29, 0.717) is 0 Å². The zero-order chi connectivity index (χ0) is 18.9. The summed E-state index contributed by atoms with van der Waals surface area (Å²) < 4.78 is 0. The normalized spacial score (nSPS) is 12.2. The van der Waals surface area contributed by atoms with Gasteiger partial charge in [-0.05, 0) is 29.7 Å². The zero-order valence-electron chi connectivity index (χ0n) is 16.6. The van der Waals surface area contributed by atoms with Gasteiger partial charge in [0.15, 0.2) is 0 Å². The van der Waals surface area contributed by atoms with Crippen molar-refractivity contribution in [2.24, 2.45) is 0 Å². The van der Waals surface area contributed by atoms with Crippen molar-refractivity contribution in [2.45, 2.75) is 52.4 Å². The van der Waals surface area contributed by atoms with Gasteiger partial charge in [0.2, 0.25) is 0 Å². The fourth-order valence-electron chi connectivity index (χ4n) is 2.79. The Labute approximate surface area is 155 Å². The molecule has 26 heavy (non-hydrogen) atoms. The lowest BCUT2D eigenvalue weighted by atomic mass is 9.92. The van der Waals surface area contributed by atoms with Gasteiger partial charge in [0, 0.05) is 22.0 Å². The summed E-state index contributed by atoms with van der Waals surface area (Å²) in [6.45, 7) is 13.1. The molecule has 3 heteroatoms. The summed E-state index contributed by atoms with van der Waals surface area (Å²) in [6.07, 6.45) is 0. The maximum atomic E-state index is 4.53. The van der Waals surface area contributed by atoms with Crippen molar-refractivity contribution < 1.29 is 0 Å². The second-order valence-electron chi connectivity index (χ2n) is 8.87. The Balaban J connectivity index is 0.000000151. The number of nitrogens with one attached hydrogen (secondary N) is 2. The molecule has 0 radical (unpaired) electrons. The van der Waals surface area contributed by atoms with Crippen molar-refractivity contribution in [2.75, 3.05) is 0 Å². The number of hydrogen-bond acceptors (Lipinski definition) is 1. The van der Waals surface area contributed by atoms with Crippen LogP contribution in [0, 0.1) is 0 Å². The third-order valence-electron chi connectivity index (χ3n) is 4.44. The molecule has 136 valence electrons. The van der Waals surface area contributed by atoms with Crippen molar-refractivity contribution in [3.8, 4) is 0 Å². The molecule has 2 N–H and O–H groups in total. The van der Waals surface area contributed by atoms with Crippen LogP contribution in [0.3, 0.4) is 0 Å². The average Bonchev–Trinajstić information content (AvgIpc) is 3.19. The van der Waals surface area contributed by atoms with Crippen LogP contribution >= 0.6 is 0 Å². The largest absolute Gasteiger partial charge is 0.358 e. The molecule has 4 rings (SSSR count). The molecule has 4 aromatic rings. The molecule has 0 saturated carbocycles. The van der Waals surface area contributed by atoms with E-state index in [9.17, 15) is 0 Å². The van der Waals surface area contributed by atoms with Crippen LogP contribution in [0.5, 0.6) is 0 Å². The number of benzene rings is 2. The van der Waals surface area contributed by atoms with Crippen LogP contribution < -0.4 is 0 Å². The third kappa shape index (κ3) is 3.98. The highest BCUT2D eigenvalue weighted by Gasteiger charge is 2.17. The molecule has 0 aliphatic rings. The molecular weight excluding hydrogens is 318 g/mol. The van der Waals surface area contributed by atoms with Gasteiger partial charge in [-0.25, -0.2) is 4.98 Å². The quantitative estimate of drug-likeness (QED) is 0.384. The summed E-state index contributed by atoms with van der Waals surface area (Å²) >= 11 is 0. The third-order valence-corrected chi connectivity index (χ3v) is 4.44. The molecule has 0 unspecified atom stereocenters. The summed E-state index contributed by atoms with van der Waals surface area (Å²) in [5.74, 6) is 1.05. The lowest BCUT2D eigenvalue weighted by molar-refractivity contribution is 0.554. The van der Waals surface area contributed by atoms with E-state index in [1.807, 2.05) is 18.2 Å². The van der Waals surface area contributed by atoms with E-state index in [0.717, 1.165) is 16.9 Å². The van der Waals surface area contributed by atoms with Gasteiger partial charge in [0.1, 0.15) is 5.82 Å². The van der Waals surface area contributed by atoms with Crippen LogP contribution in [0.2, 0.25) is 0 Å². The highest BCUT2D eigenvalue weighted by molar-refractivity contribution is 5.80. The fraction of sp³-hybridized carbons (Fsp3) is 0.348. The summed E-state index contributed by atoms with van der Waals surface area (Å²) in [5.41, 5.74) is 5.00. The number of para-hydroxylation sites is 3. The Hall–Kier alpha value is -2.55. The molecule has 0 amide bonds. The van der Waals surface area contributed by atoms with Crippen molar-refractivity contribution in [1.82, 2.24) is 15.0 Å². The molecule has 0 fully saturated rings. The molecule has 0 atom stereocenters. The van der Waals surface area contributed by atoms with Gasteiger partial charge in [0.05, 0.1) is 11.0 Å². The summed E-state index contributed by atoms with van der Waals surface area (Å²) in [6, 6.07) is 18.7. The molecule has 2 aromatic carbocycles. The Morgan fingerprint density at radius 3 is 1.88 bits per heavy atom. The van der Waals surface area contributed by atoms with Crippen molar-refractivity contribution in [3.05, 3.63) is 66.1 Å². The molecule has 0 aliphatic heterocycles. The molecule has 0 aliphatic carbocycles. The van der Waals surface area contributed by atoms with E-state index in [2.05, 4.69) is 92.9 Å². The minimum absolute atomic E-state index is 0.0962. The van der Waals surface area contributed by atoms with E-state index in [4.69, 9.17) is 0 Å². The first-order valence-electron chi connectivity index (χ1n) is 9.18. The molecular formula is C23H29N3. The minimum atomic E-state index is 0.0962. The molecule has 0 saturated heterocycles. The summed E-state index contributed by atoms with van der Waals surface area (Å²) in [5, 5.41) is 1.30. The predicted octanol–water partition coefficient (Wildman–Crippen LogP) is 6.33. The second-order valence-corrected chi connectivity index (χ2v) is 8.87. The SMILES string of the molecule is CC(C)(C)c1cc2ccccc2[nH]1.CC(C)(C)c1nc2ccccc2[nH]1. The van der Waals surface area contributed by atoms with E-state index >= 15 is 0 Å². The van der Waals surface area contributed by atoms with E-state index in [1.54, 1.807) is 0 Å². The van der Waals surface area contributed by atoms with Crippen LogP contribution in [0.15, 0.2) is 54.6 Å². The molecule has 0 spiro atoms. The van der Waals surface area contributed by atoms with Crippen LogP contribution in [0.1, 0.15) is 53.1 Å². The first-order chi connectivity index (χ1) is 12.1. The Morgan fingerprint density at radius 2 is 1.31 bits per heavy atom. The molecule has 0 bridgehead atoms. The molecule has 2 aromatic heterocycles. The minimum Gasteiger partial charge on any atom is -0.358 e. The standard InChI is InChI=1S/C12H15N.C11H14N2/c1-12(2,3)11-8-9-6-4-5-7-10(9)13-11;1-11(2,3)10-12-8-6-4-5-7-9(8)13-10/h4-8,13H,1-3H3;4-7H,1-3H3,(H,12,13).